The molecular weight excluding hydrogens is 460 g/mol. The van der Waals surface area contributed by atoms with Gasteiger partial charge in [-0.25, -0.2) is 0 Å². The van der Waals surface area contributed by atoms with Crippen molar-refractivity contribution in [2.75, 3.05) is 13.7 Å². The molecule has 0 fully saturated rings. The Morgan fingerprint density at radius 1 is 1.10 bits per heavy atom. The van der Waals surface area contributed by atoms with Crippen LogP contribution in [0, 0.1) is 0 Å². The van der Waals surface area contributed by atoms with Crippen molar-refractivity contribution in [3.63, 3.8) is 0 Å². The lowest BCUT2D eigenvalue weighted by Crippen LogP contribution is -2.50. The fourth-order valence-corrected chi connectivity index (χ4v) is 3.60. The number of halogens is 1. The minimum absolute atomic E-state index is 0.0204. The van der Waals surface area contributed by atoms with Crippen molar-refractivity contribution in [2.24, 2.45) is 0 Å². The molecule has 0 bridgehead atoms. The molecule has 2 aromatic rings. The van der Waals surface area contributed by atoms with Gasteiger partial charge in [-0.1, -0.05) is 25.1 Å². The zero-order chi connectivity index (χ0) is 23.0. The van der Waals surface area contributed by atoms with E-state index in [1.54, 1.807) is 14.0 Å². The lowest BCUT2D eigenvalue weighted by atomic mass is 10.1. The van der Waals surface area contributed by atoms with E-state index in [1.165, 1.54) is 10.5 Å². The van der Waals surface area contributed by atoms with Crippen LogP contribution in [0.25, 0.3) is 0 Å². The minimum atomic E-state index is -0.657. The standard InChI is InChI=1S/C24H31BrN2O4/c1-6-18-10-11-22(21(25)13-18)31-15-23(28)27(17(4)24(29)26-16(2)3)14-19-8-7-9-20(12-19)30-5/h7-13,16-17H,6,14-15H2,1-5H3,(H,26,29)/t17-/m1/s1. The quantitative estimate of drug-likeness (QED) is 0.537. The number of methoxy groups -OCH3 is 1. The second-order valence-corrected chi connectivity index (χ2v) is 8.47. The molecule has 0 saturated carbocycles. The number of nitrogens with zero attached hydrogens (tertiary/aromatic N) is 1. The van der Waals surface area contributed by atoms with Crippen molar-refractivity contribution in [3.8, 4) is 11.5 Å². The second kappa shape index (κ2) is 11.7. The highest BCUT2D eigenvalue weighted by atomic mass is 79.9. The Morgan fingerprint density at radius 2 is 1.84 bits per heavy atom. The summed E-state index contributed by atoms with van der Waals surface area (Å²) in [5.41, 5.74) is 2.04. The molecule has 31 heavy (non-hydrogen) atoms. The summed E-state index contributed by atoms with van der Waals surface area (Å²) in [6.07, 6.45) is 0.911. The fourth-order valence-electron chi connectivity index (χ4n) is 3.06. The van der Waals surface area contributed by atoms with Crippen molar-refractivity contribution in [1.82, 2.24) is 10.2 Å². The largest absolute Gasteiger partial charge is 0.497 e. The van der Waals surface area contributed by atoms with Gasteiger partial charge in [-0.3, -0.25) is 9.59 Å². The molecule has 2 rings (SSSR count). The van der Waals surface area contributed by atoms with Gasteiger partial charge in [-0.15, -0.1) is 0 Å². The first-order valence-electron chi connectivity index (χ1n) is 10.4. The summed E-state index contributed by atoms with van der Waals surface area (Å²) >= 11 is 3.50. The van der Waals surface area contributed by atoms with Crippen LogP contribution >= 0.6 is 15.9 Å². The Hall–Kier alpha value is -2.54. The van der Waals surface area contributed by atoms with Crippen LogP contribution in [-0.4, -0.2) is 42.5 Å². The topological polar surface area (TPSA) is 67.9 Å². The lowest BCUT2D eigenvalue weighted by molar-refractivity contribution is -0.142. The zero-order valence-corrected chi connectivity index (χ0v) is 20.4. The third kappa shape index (κ3) is 7.28. The highest BCUT2D eigenvalue weighted by molar-refractivity contribution is 9.10. The molecule has 0 aliphatic heterocycles. The number of hydrogen-bond acceptors (Lipinski definition) is 4. The van der Waals surface area contributed by atoms with Crippen molar-refractivity contribution in [1.29, 1.82) is 0 Å². The second-order valence-electron chi connectivity index (χ2n) is 7.62. The van der Waals surface area contributed by atoms with Crippen LogP contribution in [0.2, 0.25) is 0 Å². The van der Waals surface area contributed by atoms with Gasteiger partial charge in [-0.05, 0) is 78.5 Å². The lowest BCUT2D eigenvalue weighted by Gasteiger charge is -2.29. The predicted octanol–water partition coefficient (Wildman–Crippen LogP) is 4.34. The van der Waals surface area contributed by atoms with Crippen LogP contribution in [0.3, 0.4) is 0 Å². The van der Waals surface area contributed by atoms with Gasteiger partial charge in [0.25, 0.3) is 5.91 Å². The van der Waals surface area contributed by atoms with Crippen LogP contribution < -0.4 is 14.8 Å². The fraction of sp³-hybridized carbons (Fsp3) is 0.417. The van der Waals surface area contributed by atoms with Gasteiger partial charge >= 0.3 is 0 Å². The molecular formula is C24H31BrN2O4. The molecule has 0 aliphatic carbocycles. The van der Waals surface area contributed by atoms with Gasteiger partial charge in [0.15, 0.2) is 6.61 Å². The number of rotatable bonds is 10. The summed E-state index contributed by atoms with van der Waals surface area (Å²) in [6, 6.07) is 12.6. The van der Waals surface area contributed by atoms with Gasteiger partial charge in [0.2, 0.25) is 5.91 Å². The van der Waals surface area contributed by atoms with Crippen LogP contribution in [0.15, 0.2) is 46.9 Å². The highest BCUT2D eigenvalue weighted by Gasteiger charge is 2.27. The number of amides is 2. The SMILES string of the molecule is CCc1ccc(OCC(=O)N(Cc2cccc(OC)c2)[C@H](C)C(=O)NC(C)C)c(Br)c1. The summed E-state index contributed by atoms with van der Waals surface area (Å²) in [6.45, 7) is 7.67. The number of carbonyl (C=O) groups excluding carboxylic acids is 2. The number of aryl methyl sites for hydroxylation is 1. The molecule has 0 unspecified atom stereocenters. The molecule has 0 aromatic heterocycles. The average molecular weight is 491 g/mol. The summed E-state index contributed by atoms with van der Waals surface area (Å²) < 4.78 is 11.9. The van der Waals surface area contributed by atoms with E-state index < -0.39 is 6.04 Å². The first-order chi connectivity index (χ1) is 14.7. The molecule has 0 radical (unpaired) electrons. The van der Waals surface area contributed by atoms with E-state index in [1.807, 2.05) is 56.3 Å². The third-order valence-corrected chi connectivity index (χ3v) is 5.46. The van der Waals surface area contributed by atoms with Gasteiger partial charge in [-0.2, -0.15) is 0 Å². The summed E-state index contributed by atoms with van der Waals surface area (Å²) in [5.74, 6) is 0.798. The first-order valence-corrected chi connectivity index (χ1v) is 11.2. The number of ether oxygens (including phenoxy) is 2. The molecule has 6 nitrogen and oxygen atoms in total. The zero-order valence-electron chi connectivity index (χ0n) is 18.8. The van der Waals surface area contributed by atoms with E-state index in [-0.39, 0.29) is 31.0 Å². The molecule has 7 heteroatoms. The maximum absolute atomic E-state index is 13.1. The molecule has 168 valence electrons. The minimum Gasteiger partial charge on any atom is -0.497 e. The number of carbonyl (C=O) groups is 2. The van der Waals surface area contributed by atoms with E-state index in [4.69, 9.17) is 9.47 Å². The summed E-state index contributed by atoms with van der Waals surface area (Å²) in [5, 5.41) is 2.88. The predicted molar refractivity (Wildman–Crippen MR) is 125 cm³/mol. The molecule has 2 aromatic carbocycles. The van der Waals surface area contributed by atoms with Gasteiger partial charge in [0.1, 0.15) is 17.5 Å². The van der Waals surface area contributed by atoms with Crippen molar-refractivity contribution in [2.45, 2.75) is 52.7 Å². The van der Waals surface area contributed by atoms with Crippen molar-refractivity contribution in [3.05, 3.63) is 58.1 Å². The number of hydrogen-bond donors (Lipinski definition) is 1. The van der Waals surface area contributed by atoms with E-state index in [0.29, 0.717) is 11.5 Å². The highest BCUT2D eigenvalue weighted by Crippen LogP contribution is 2.26. The number of benzene rings is 2. The Bertz CT molecular complexity index is 901. The molecule has 1 N–H and O–H groups in total. The van der Waals surface area contributed by atoms with E-state index >= 15 is 0 Å². The van der Waals surface area contributed by atoms with Crippen LogP contribution in [0.5, 0.6) is 11.5 Å². The Kier molecular flexibility index (Phi) is 9.37. The molecule has 0 spiro atoms. The summed E-state index contributed by atoms with van der Waals surface area (Å²) in [7, 11) is 1.59. The normalized spacial score (nSPS) is 11.7. The van der Waals surface area contributed by atoms with Gasteiger partial charge < -0.3 is 19.7 Å². The molecule has 0 heterocycles. The molecule has 1 atom stereocenters. The van der Waals surface area contributed by atoms with Crippen molar-refractivity contribution >= 4 is 27.7 Å². The van der Waals surface area contributed by atoms with Crippen LogP contribution in [0.1, 0.15) is 38.8 Å². The smallest absolute Gasteiger partial charge is 0.261 e. The Morgan fingerprint density at radius 3 is 2.45 bits per heavy atom. The molecule has 0 aliphatic rings. The maximum Gasteiger partial charge on any atom is 0.261 e. The Balaban J connectivity index is 2.19. The maximum atomic E-state index is 13.1. The summed E-state index contributed by atoms with van der Waals surface area (Å²) in [4.78, 5) is 27.3. The first kappa shape index (κ1) is 24.7. The van der Waals surface area contributed by atoms with Crippen LogP contribution in [-0.2, 0) is 22.6 Å². The Labute approximate surface area is 193 Å². The number of nitrogens with one attached hydrogen (secondary N) is 1. The molecule has 0 saturated heterocycles. The monoisotopic (exact) mass is 490 g/mol. The third-order valence-electron chi connectivity index (χ3n) is 4.84. The molecule has 2 amide bonds. The average Bonchev–Trinajstić information content (AvgIpc) is 2.75. The van der Waals surface area contributed by atoms with Crippen molar-refractivity contribution < 1.29 is 19.1 Å². The van der Waals surface area contributed by atoms with E-state index in [9.17, 15) is 9.59 Å². The van der Waals surface area contributed by atoms with E-state index in [0.717, 1.165) is 16.5 Å². The van der Waals surface area contributed by atoms with Gasteiger partial charge in [0.05, 0.1) is 11.6 Å². The van der Waals surface area contributed by atoms with E-state index in [2.05, 4.69) is 28.2 Å². The van der Waals surface area contributed by atoms with Gasteiger partial charge in [0, 0.05) is 12.6 Å². The van der Waals surface area contributed by atoms with Crippen LogP contribution in [0.4, 0.5) is 0 Å².